The molecular weight excluding hydrogens is 251 g/mol. The van der Waals surface area contributed by atoms with Crippen LogP contribution in [-0.4, -0.2) is 56.2 Å². The number of anilines is 1. The highest BCUT2D eigenvalue weighted by atomic mass is 19.1. The van der Waals surface area contributed by atoms with Crippen LogP contribution in [0.3, 0.4) is 0 Å². The first-order valence-corrected chi connectivity index (χ1v) is 5.92. The first-order chi connectivity index (χ1) is 9.06. The van der Waals surface area contributed by atoms with Crippen LogP contribution in [-0.2, 0) is 4.74 Å². The molecule has 0 spiro atoms. The zero-order valence-electron chi connectivity index (χ0n) is 11.1. The molecule has 19 heavy (non-hydrogen) atoms. The van der Waals surface area contributed by atoms with Gasteiger partial charge < -0.3 is 20.7 Å². The highest BCUT2D eigenvalue weighted by molar-refractivity contribution is 5.95. The maximum Gasteiger partial charge on any atom is 0.254 e. The summed E-state index contributed by atoms with van der Waals surface area (Å²) in [4.78, 5) is 17.3. The number of methoxy groups -OCH3 is 1. The second kappa shape index (κ2) is 7.65. The van der Waals surface area contributed by atoms with Crippen LogP contribution in [0, 0.1) is 5.82 Å². The van der Waals surface area contributed by atoms with Crippen molar-refractivity contribution < 1.29 is 13.9 Å². The van der Waals surface area contributed by atoms with E-state index < -0.39 is 11.7 Å². The molecule has 1 heterocycles. The molecule has 0 aliphatic carbocycles. The van der Waals surface area contributed by atoms with Gasteiger partial charge in [-0.15, -0.1) is 0 Å². The normalized spacial score (nSPS) is 10.7. The maximum absolute atomic E-state index is 13.5. The molecule has 0 saturated carbocycles. The number of carbonyl (C=O) groups is 1. The number of nitrogens with zero attached hydrogens (tertiary/aromatic N) is 2. The standard InChI is InChI=1S/C12H19FN4O2/c1-17(7-8-19-2)6-5-16-12(18)9-3-4-15-11(14)10(9)13/h3-4H,5-8H2,1-2H3,(H2,14,15)(H,16,18). The SMILES string of the molecule is COCCN(C)CCNC(=O)c1ccnc(N)c1F. The molecule has 1 aromatic rings. The molecule has 0 aromatic carbocycles. The molecular formula is C12H19FN4O2. The monoisotopic (exact) mass is 270 g/mol. The summed E-state index contributed by atoms with van der Waals surface area (Å²) in [5, 5.41) is 2.63. The van der Waals surface area contributed by atoms with Gasteiger partial charge >= 0.3 is 0 Å². The molecule has 0 aliphatic rings. The molecule has 7 heteroatoms. The maximum atomic E-state index is 13.5. The first-order valence-electron chi connectivity index (χ1n) is 5.92. The number of ether oxygens (including phenoxy) is 1. The average Bonchev–Trinajstić information content (AvgIpc) is 2.39. The Hall–Kier alpha value is -1.73. The smallest absolute Gasteiger partial charge is 0.254 e. The molecule has 0 aliphatic heterocycles. The minimum atomic E-state index is -0.785. The van der Waals surface area contributed by atoms with Crippen molar-refractivity contribution in [3.8, 4) is 0 Å². The van der Waals surface area contributed by atoms with Crippen LogP contribution in [0.4, 0.5) is 10.2 Å². The van der Waals surface area contributed by atoms with Gasteiger partial charge in [-0.05, 0) is 13.1 Å². The minimum Gasteiger partial charge on any atom is -0.383 e. The van der Waals surface area contributed by atoms with Crippen molar-refractivity contribution in [3.63, 3.8) is 0 Å². The van der Waals surface area contributed by atoms with E-state index in [9.17, 15) is 9.18 Å². The minimum absolute atomic E-state index is 0.0907. The summed E-state index contributed by atoms with van der Waals surface area (Å²) in [7, 11) is 3.54. The van der Waals surface area contributed by atoms with Crippen molar-refractivity contribution in [3.05, 3.63) is 23.6 Å². The van der Waals surface area contributed by atoms with Crippen LogP contribution in [0.1, 0.15) is 10.4 Å². The molecule has 0 fully saturated rings. The molecule has 0 saturated heterocycles. The van der Waals surface area contributed by atoms with Crippen molar-refractivity contribution >= 4 is 11.7 Å². The zero-order valence-corrected chi connectivity index (χ0v) is 11.1. The number of hydrogen-bond acceptors (Lipinski definition) is 5. The molecule has 0 unspecified atom stereocenters. The summed E-state index contributed by atoms with van der Waals surface area (Å²) in [5.74, 6) is -1.55. The van der Waals surface area contributed by atoms with Crippen LogP contribution >= 0.6 is 0 Å². The summed E-state index contributed by atoms with van der Waals surface area (Å²) < 4.78 is 18.5. The quantitative estimate of drug-likeness (QED) is 0.735. The number of aromatic nitrogens is 1. The second-order valence-electron chi connectivity index (χ2n) is 4.11. The Balaban J connectivity index is 2.41. The summed E-state index contributed by atoms with van der Waals surface area (Å²) in [6, 6.07) is 1.30. The van der Waals surface area contributed by atoms with E-state index in [-0.39, 0.29) is 11.4 Å². The molecule has 0 atom stereocenters. The van der Waals surface area contributed by atoms with Crippen LogP contribution in [0.25, 0.3) is 0 Å². The molecule has 106 valence electrons. The fourth-order valence-electron chi connectivity index (χ4n) is 1.45. The first kappa shape index (κ1) is 15.3. The molecule has 0 radical (unpaired) electrons. The number of hydrogen-bond donors (Lipinski definition) is 2. The summed E-state index contributed by atoms with van der Waals surface area (Å²) in [5.41, 5.74) is 5.21. The Bertz CT molecular complexity index is 428. The van der Waals surface area contributed by atoms with Gasteiger partial charge in [-0.1, -0.05) is 0 Å². The van der Waals surface area contributed by atoms with Crippen LogP contribution in [0.5, 0.6) is 0 Å². The third-order valence-corrected chi connectivity index (χ3v) is 2.62. The molecule has 1 amide bonds. The lowest BCUT2D eigenvalue weighted by atomic mass is 10.2. The van der Waals surface area contributed by atoms with Gasteiger partial charge in [-0.25, -0.2) is 9.37 Å². The fourth-order valence-corrected chi connectivity index (χ4v) is 1.45. The lowest BCUT2D eigenvalue weighted by Gasteiger charge is -2.16. The third-order valence-electron chi connectivity index (χ3n) is 2.62. The second-order valence-corrected chi connectivity index (χ2v) is 4.11. The number of nitrogens with two attached hydrogens (primary N) is 1. The van der Waals surface area contributed by atoms with E-state index in [0.717, 1.165) is 6.54 Å². The number of nitrogen functional groups attached to an aromatic ring is 1. The number of pyridine rings is 1. The zero-order chi connectivity index (χ0) is 14.3. The Kier molecular flexibility index (Phi) is 6.17. The van der Waals surface area contributed by atoms with Crippen LogP contribution < -0.4 is 11.1 Å². The van der Waals surface area contributed by atoms with E-state index in [0.29, 0.717) is 19.7 Å². The Labute approximate surface area is 111 Å². The molecule has 1 aromatic heterocycles. The summed E-state index contributed by atoms with van der Waals surface area (Å²) in [6.07, 6.45) is 1.30. The summed E-state index contributed by atoms with van der Waals surface area (Å²) in [6.45, 7) is 2.46. The number of rotatable bonds is 7. The van der Waals surface area contributed by atoms with Gasteiger partial charge in [0.25, 0.3) is 5.91 Å². The predicted molar refractivity (Wildman–Crippen MR) is 70.3 cm³/mol. The van der Waals surface area contributed by atoms with Crippen molar-refractivity contribution in [1.82, 2.24) is 15.2 Å². The Morgan fingerprint density at radius 3 is 3.00 bits per heavy atom. The Morgan fingerprint density at radius 1 is 1.58 bits per heavy atom. The van der Waals surface area contributed by atoms with E-state index >= 15 is 0 Å². The van der Waals surface area contributed by atoms with E-state index in [1.54, 1.807) is 7.11 Å². The van der Waals surface area contributed by atoms with E-state index in [1.807, 2.05) is 11.9 Å². The van der Waals surface area contributed by atoms with Gasteiger partial charge in [0, 0.05) is 32.9 Å². The van der Waals surface area contributed by atoms with Gasteiger partial charge in [0.15, 0.2) is 11.6 Å². The van der Waals surface area contributed by atoms with Gasteiger partial charge in [0.2, 0.25) is 0 Å². The van der Waals surface area contributed by atoms with Crippen molar-refractivity contribution in [1.29, 1.82) is 0 Å². The van der Waals surface area contributed by atoms with E-state index in [4.69, 9.17) is 10.5 Å². The molecule has 0 bridgehead atoms. The largest absolute Gasteiger partial charge is 0.383 e. The number of nitrogens with one attached hydrogen (secondary N) is 1. The lowest BCUT2D eigenvalue weighted by Crippen LogP contribution is -2.34. The van der Waals surface area contributed by atoms with Gasteiger partial charge in [-0.2, -0.15) is 0 Å². The number of halogens is 1. The van der Waals surface area contributed by atoms with Gasteiger partial charge in [0.1, 0.15) is 0 Å². The number of carbonyl (C=O) groups excluding carboxylic acids is 1. The average molecular weight is 270 g/mol. The molecule has 3 N–H and O–H groups in total. The highest BCUT2D eigenvalue weighted by Crippen LogP contribution is 2.11. The van der Waals surface area contributed by atoms with Crippen molar-refractivity contribution in [2.24, 2.45) is 0 Å². The molecule has 6 nitrogen and oxygen atoms in total. The lowest BCUT2D eigenvalue weighted by molar-refractivity contribution is 0.0943. The van der Waals surface area contributed by atoms with Crippen molar-refractivity contribution in [2.45, 2.75) is 0 Å². The van der Waals surface area contributed by atoms with Crippen molar-refractivity contribution in [2.75, 3.05) is 46.1 Å². The predicted octanol–water partition coefficient (Wildman–Crippen LogP) is 0.111. The summed E-state index contributed by atoms with van der Waals surface area (Å²) >= 11 is 0. The van der Waals surface area contributed by atoms with Gasteiger partial charge in [-0.3, -0.25) is 4.79 Å². The van der Waals surface area contributed by atoms with Crippen LogP contribution in [0.15, 0.2) is 12.3 Å². The number of amides is 1. The molecule has 1 rings (SSSR count). The van der Waals surface area contributed by atoms with E-state index in [2.05, 4.69) is 10.3 Å². The number of likely N-dealkylation sites (N-methyl/N-ethyl adjacent to an activating group) is 1. The third kappa shape index (κ3) is 4.80. The topological polar surface area (TPSA) is 80.5 Å². The van der Waals surface area contributed by atoms with Crippen LogP contribution in [0.2, 0.25) is 0 Å². The highest BCUT2D eigenvalue weighted by Gasteiger charge is 2.14. The van der Waals surface area contributed by atoms with Gasteiger partial charge in [0.05, 0.1) is 12.2 Å². The van der Waals surface area contributed by atoms with E-state index in [1.165, 1.54) is 12.3 Å². The Morgan fingerprint density at radius 2 is 2.32 bits per heavy atom. The fraction of sp³-hybridized carbons (Fsp3) is 0.500.